The smallest absolute Gasteiger partial charge is 0.343 e. The third-order valence-corrected chi connectivity index (χ3v) is 4.47. The summed E-state index contributed by atoms with van der Waals surface area (Å²) in [5, 5.41) is 8.51. The molecule has 0 saturated carbocycles. The fourth-order valence-corrected chi connectivity index (χ4v) is 3.21. The first kappa shape index (κ1) is 13.6. The Labute approximate surface area is 131 Å². The Morgan fingerprint density at radius 3 is 3.05 bits per heavy atom. The summed E-state index contributed by atoms with van der Waals surface area (Å²) in [6.45, 7) is 4.11. The first-order valence-corrected chi connectivity index (χ1v) is 7.69. The Morgan fingerprint density at radius 2 is 2.14 bits per heavy atom. The molecular formula is C15H16ClN5O. The molecule has 0 amide bonds. The van der Waals surface area contributed by atoms with E-state index in [0.29, 0.717) is 13.1 Å². The largest absolute Gasteiger partial charge is 0.346 e. The van der Waals surface area contributed by atoms with Crippen molar-refractivity contribution >= 4 is 22.5 Å². The van der Waals surface area contributed by atoms with Gasteiger partial charge in [-0.2, -0.15) is 5.10 Å². The van der Waals surface area contributed by atoms with Crippen molar-refractivity contribution in [1.29, 1.82) is 0 Å². The second kappa shape index (κ2) is 5.30. The zero-order valence-corrected chi connectivity index (χ0v) is 12.8. The van der Waals surface area contributed by atoms with Gasteiger partial charge in [0.15, 0.2) is 0 Å². The van der Waals surface area contributed by atoms with Crippen LogP contribution in [0, 0.1) is 0 Å². The Morgan fingerprint density at radius 1 is 1.23 bits per heavy atom. The summed E-state index contributed by atoms with van der Waals surface area (Å²) in [5.74, 6) is 0.820. The number of aromatic amines is 1. The average molecular weight is 318 g/mol. The quantitative estimate of drug-likeness (QED) is 0.800. The maximum atomic E-state index is 11.5. The van der Waals surface area contributed by atoms with Crippen molar-refractivity contribution in [3.63, 3.8) is 0 Å². The Bertz CT molecular complexity index is 878. The second-order valence-corrected chi connectivity index (χ2v) is 6.02. The van der Waals surface area contributed by atoms with Crippen LogP contribution in [0.1, 0.15) is 5.82 Å². The molecule has 3 heterocycles. The summed E-state index contributed by atoms with van der Waals surface area (Å²) in [5.41, 5.74) is 1.08. The highest BCUT2D eigenvalue weighted by molar-refractivity contribution is 6.31. The van der Waals surface area contributed by atoms with Crippen LogP contribution < -0.4 is 5.69 Å². The molecule has 1 aliphatic heterocycles. The lowest BCUT2D eigenvalue weighted by atomic mass is 10.2. The minimum absolute atomic E-state index is 0.108. The van der Waals surface area contributed by atoms with Crippen molar-refractivity contribution in [1.82, 2.24) is 24.2 Å². The summed E-state index contributed by atoms with van der Waals surface area (Å²) in [6.07, 6.45) is 2.09. The highest BCUT2D eigenvalue weighted by atomic mass is 35.5. The van der Waals surface area contributed by atoms with Crippen molar-refractivity contribution in [2.75, 3.05) is 13.1 Å². The van der Waals surface area contributed by atoms with Gasteiger partial charge in [0.05, 0.1) is 6.54 Å². The number of nitrogens with zero attached hydrogens (tertiary/aromatic N) is 4. The predicted molar refractivity (Wildman–Crippen MR) is 85.1 cm³/mol. The summed E-state index contributed by atoms with van der Waals surface area (Å²) >= 11 is 6.02. The van der Waals surface area contributed by atoms with E-state index in [1.807, 2.05) is 12.1 Å². The molecule has 1 aromatic carbocycles. The molecule has 22 heavy (non-hydrogen) atoms. The van der Waals surface area contributed by atoms with Gasteiger partial charge in [0.2, 0.25) is 0 Å². The maximum Gasteiger partial charge on any atom is 0.343 e. The molecule has 2 aromatic heterocycles. The van der Waals surface area contributed by atoms with Crippen LogP contribution in [0.3, 0.4) is 0 Å². The number of fused-ring (bicyclic) bond motifs is 2. The molecule has 7 heteroatoms. The van der Waals surface area contributed by atoms with E-state index in [1.165, 1.54) is 5.52 Å². The molecule has 0 spiro atoms. The highest BCUT2D eigenvalue weighted by Crippen LogP contribution is 2.20. The van der Waals surface area contributed by atoms with E-state index in [1.54, 1.807) is 4.57 Å². The number of hydrogen-bond donors (Lipinski definition) is 1. The second-order valence-electron chi connectivity index (χ2n) is 5.59. The number of H-pyrrole nitrogens is 1. The van der Waals surface area contributed by atoms with Crippen molar-refractivity contribution in [2.45, 2.75) is 19.6 Å². The van der Waals surface area contributed by atoms with Crippen LogP contribution in [-0.4, -0.2) is 37.3 Å². The van der Waals surface area contributed by atoms with Gasteiger partial charge in [0.1, 0.15) is 5.82 Å². The van der Waals surface area contributed by atoms with E-state index >= 15 is 0 Å². The number of hydrogen-bond acceptors (Lipinski definition) is 3. The highest BCUT2D eigenvalue weighted by Gasteiger charge is 2.19. The van der Waals surface area contributed by atoms with E-state index in [2.05, 4.69) is 38.0 Å². The zero-order valence-electron chi connectivity index (χ0n) is 12.0. The molecule has 3 aromatic rings. The summed E-state index contributed by atoms with van der Waals surface area (Å²) in [4.78, 5) is 13.8. The fraction of sp³-hybridized carbons (Fsp3) is 0.333. The van der Waals surface area contributed by atoms with E-state index in [0.717, 1.165) is 35.9 Å². The predicted octanol–water partition coefficient (Wildman–Crippen LogP) is 1.70. The average Bonchev–Trinajstić information content (AvgIpc) is 3.08. The van der Waals surface area contributed by atoms with Crippen LogP contribution in [0.5, 0.6) is 0 Å². The molecule has 0 atom stereocenters. The van der Waals surface area contributed by atoms with Crippen molar-refractivity contribution in [2.24, 2.45) is 0 Å². The molecule has 0 aliphatic carbocycles. The molecule has 6 nitrogen and oxygen atoms in total. The lowest BCUT2D eigenvalue weighted by Crippen LogP contribution is -2.38. The molecule has 114 valence electrons. The normalized spacial score (nSPS) is 15.3. The van der Waals surface area contributed by atoms with E-state index in [-0.39, 0.29) is 5.69 Å². The van der Waals surface area contributed by atoms with Crippen molar-refractivity contribution < 1.29 is 0 Å². The monoisotopic (exact) mass is 317 g/mol. The van der Waals surface area contributed by atoms with Gasteiger partial charge in [-0.25, -0.2) is 9.89 Å². The third kappa shape index (κ3) is 2.34. The minimum atomic E-state index is -0.108. The van der Waals surface area contributed by atoms with Gasteiger partial charge in [-0.15, -0.1) is 0 Å². The van der Waals surface area contributed by atoms with E-state index in [4.69, 9.17) is 11.6 Å². The SMILES string of the molecule is O=c1[nH]nc2n1CCN(CCn1ccc3cc(Cl)ccc31)C2. The number of nitrogens with one attached hydrogen (secondary N) is 1. The fourth-order valence-electron chi connectivity index (χ4n) is 3.03. The van der Waals surface area contributed by atoms with Gasteiger partial charge in [-0.3, -0.25) is 9.47 Å². The lowest BCUT2D eigenvalue weighted by Gasteiger charge is -2.26. The molecule has 0 fully saturated rings. The van der Waals surface area contributed by atoms with Crippen LogP contribution in [0.25, 0.3) is 10.9 Å². The molecule has 0 unspecified atom stereocenters. The van der Waals surface area contributed by atoms with Gasteiger partial charge in [0, 0.05) is 48.3 Å². The molecule has 0 radical (unpaired) electrons. The van der Waals surface area contributed by atoms with Crippen LogP contribution >= 0.6 is 11.6 Å². The molecule has 0 saturated heterocycles. The summed E-state index contributed by atoms with van der Waals surface area (Å²) < 4.78 is 3.95. The van der Waals surface area contributed by atoms with Crippen molar-refractivity contribution in [3.8, 4) is 0 Å². The minimum Gasteiger partial charge on any atom is -0.346 e. The first-order chi connectivity index (χ1) is 10.7. The lowest BCUT2D eigenvalue weighted by molar-refractivity contribution is 0.208. The number of rotatable bonds is 3. The molecule has 1 aliphatic rings. The third-order valence-electron chi connectivity index (χ3n) is 4.23. The van der Waals surface area contributed by atoms with E-state index < -0.39 is 0 Å². The summed E-state index contributed by atoms with van der Waals surface area (Å²) in [7, 11) is 0. The number of aromatic nitrogens is 4. The standard InChI is InChI=1S/C15H16ClN5O/c16-12-1-2-13-11(9-12)3-4-20(13)7-5-19-6-8-21-14(10-19)17-18-15(21)22/h1-4,9H,5-8,10H2,(H,18,22). The van der Waals surface area contributed by atoms with Crippen LogP contribution in [0.2, 0.25) is 5.02 Å². The van der Waals surface area contributed by atoms with Crippen LogP contribution in [-0.2, 0) is 19.6 Å². The maximum absolute atomic E-state index is 11.5. The summed E-state index contributed by atoms with van der Waals surface area (Å²) in [6, 6.07) is 8.04. The van der Waals surface area contributed by atoms with Gasteiger partial charge >= 0.3 is 5.69 Å². The zero-order chi connectivity index (χ0) is 15.1. The number of halogens is 1. The molecule has 0 bridgehead atoms. The van der Waals surface area contributed by atoms with E-state index in [9.17, 15) is 4.79 Å². The van der Waals surface area contributed by atoms with Crippen LogP contribution in [0.4, 0.5) is 0 Å². The molecular weight excluding hydrogens is 302 g/mol. The Balaban J connectivity index is 1.47. The van der Waals surface area contributed by atoms with Gasteiger partial charge in [-0.05, 0) is 24.3 Å². The number of benzene rings is 1. The van der Waals surface area contributed by atoms with Gasteiger partial charge in [-0.1, -0.05) is 11.6 Å². The topological polar surface area (TPSA) is 58.9 Å². The van der Waals surface area contributed by atoms with Crippen LogP contribution in [0.15, 0.2) is 35.3 Å². The molecule has 4 rings (SSSR count). The first-order valence-electron chi connectivity index (χ1n) is 7.31. The Hall–Kier alpha value is -2.05. The molecule has 1 N–H and O–H groups in total. The Kier molecular flexibility index (Phi) is 3.28. The van der Waals surface area contributed by atoms with Gasteiger partial charge < -0.3 is 4.57 Å². The van der Waals surface area contributed by atoms with Gasteiger partial charge in [0.25, 0.3) is 0 Å². The van der Waals surface area contributed by atoms with Crippen molar-refractivity contribution in [3.05, 3.63) is 51.8 Å².